The lowest BCUT2D eigenvalue weighted by molar-refractivity contribution is -0.145. The third-order valence-corrected chi connectivity index (χ3v) is 2.34. The molecular formula is C13H17ClO3. The molecule has 0 amide bonds. The summed E-state index contributed by atoms with van der Waals surface area (Å²) in [6.07, 6.45) is 1.08. The van der Waals surface area contributed by atoms with Gasteiger partial charge in [-0.2, -0.15) is 0 Å². The van der Waals surface area contributed by atoms with Crippen LogP contribution < -0.4 is 4.74 Å². The van der Waals surface area contributed by atoms with Crippen molar-refractivity contribution in [1.82, 2.24) is 0 Å². The molecule has 0 aliphatic rings. The van der Waals surface area contributed by atoms with E-state index in [1.54, 1.807) is 24.3 Å². The summed E-state index contributed by atoms with van der Waals surface area (Å²) < 4.78 is 10.6. The molecule has 3 nitrogen and oxygen atoms in total. The molecule has 0 unspecified atom stereocenters. The van der Waals surface area contributed by atoms with Crippen molar-refractivity contribution in [1.29, 1.82) is 0 Å². The Morgan fingerprint density at radius 2 is 2.00 bits per heavy atom. The van der Waals surface area contributed by atoms with E-state index in [1.165, 1.54) is 0 Å². The average molecular weight is 257 g/mol. The van der Waals surface area contributed by atoms with Gasteiger partial charge in [0.2, 0.25) is 0 Å². The molecule has 0 aliphatic carbocycles. The van der Waals surface area contributed by atoms with E-state index in [0.29, 0.717) is 17.2 Å². The van der Waals surface area contributed by atoms with Gasteiger partial charge in [-0.05, 0) is 37.6 Å². The predicted octanol–water partition coefficient (Wildman–Crippen LogP) is 3.45. The highest BCUT2D eigenvalue weighted by Gasteiger charge is 2.07. The van der Waals surface area contributed by atoms with Gasteiger partial charge in [0.05, 0.1) is 0 Å². The van der Waals surface area contributed by atoms with Gasteiger partial charge < -0.3 is 9.47 Å². The lowest BCUT2D eigenvalue weighted by atomic mass is 10.3. The summed E-state index contributed by atoms with van der Waals surface area (Å²) in [6, 6.07) is 7.08. The molecule has 0 spiro atoms. The minimum atomic E-state index is -0.181. The molecule has 0 aromatic heterocycles. The molecule has 0 aliphatic heterocycles. The lowest BCUT2D eigenvalue weighted by Crippen LogP contribution is -2.21. The van der Waals surface area contributed by atoms with Crippen molar-refractivity contribution in [2.24, 2.45) is 0 Å². The molecule has 0 saturated heterocycles. The van der Waals surface area contributed by atoms with Crippen LogP contribution >= 0.6 is 11.6 Å². The van der Waals surface area contributed by atoms with Crippen molar-refractivity contribution < 1.29 is 14.3 Å². The fourth-order valence-corrected chi connectivity index (χ4v) is 1.39. The van der Waals surface area contributed by atoms with Crippen LogP contribution in [0.1, 0.15) is 26.7 Å². The highest BCUT2D eigenvalue weighted by molar-refractivity contribution is 6.30. The standard InChI is InChI=1S/C13H17ClO3/c1-3-4-13(15)16-9-10(2)17-12-7-5-11(14)6-8-12/h5-8,10H,3-4,9H2,1-2H3/t10-/m0/s1. The van der Waals surface area contributed by atoms with Gasteiger partial charge in [0.25, 0.3) is 0 Å². The van der Waals surface area contributed by atoms with Gasteiger partial charge in [-0.3, -0.25) is 4.79 Å². The monoisotopic (exact) mass is 256 g/mol. The summed E-state index contributed by atoms with van der Waals surface area (Å²) in [5.74, 6) is 0.535. The molecular weight excluding hydrogens is 240 g/mol. The Bertz CT molecular complexity index is 348. The van der Waals surface area contributed by atoms with Gasteiger partial charge in [0.1, 0.15) is 18.5 Å². The Kier molecular flexibility index (Phi) is 5.84. The number of benzene rings is 1. The van der Waals surface area contributed by atoms with Crippen molar-refractivity contribution in [3.8, 4) is 5.75 Å². The second-order valence-corrected chi connectivity index (χ2v) is 4.25. The maximum atomic E-state index is 11.1. The molecule has 1 aromatic carbocycles. The van der Waals surface area contributed by atoms with E-state index in [2.05, 4.69) is 0 Å². The molecule has 17 heavy (non-hydrogen) atoms. The maximum absolute atomic E-state index is 11.1. The normalized spacial score (nSPS) is 11.9. The van der Waals surface area contributed by atoms with Crippen LogP contribution in [-0.2, 0) is 9.53 Å². The first-order valence-corrected chi connectivity index (χ1v) is 6.07. The largest absolute Gasteiger partial charge is 0.487 e. The van der Waals surface area contributed by atoms with Gasteiger partial charge in [-0.15, -0.1) is 0 Å². The highest BCUT2D eigenvalue weighted by atomic mass is 35.5. The van der Waals surface area contributed by atoms with Crippen LogP contribution in [0.5, 0.6) is 5.75 Å². The van der Waals surface area contributed by atoms with Gasteiger partial charge in [-0.25, -0.2) is 0 Å². The van der Waals surface area contributed by atoms with Crippen LogP contribution in [0, 0.1) is 0 Å². The molecule has 0 heterocycles. The SMILES string of the molecule is CCCC(=O)OC[C@H](C)Oc1ccc(Cl)cc1. The second kappa shape index (κ2) is 7.17. The summed E-state index contributed by atoms with van der Waals surface area (Å²) in [6.45, 7) is 4.06. The molecule has 0 fully saturated rings. The van der Waals surface area contributed by atoms with E-state index in [4.69, 9.17) is 21.1 Å². The Morgan fingerprint density at radius 3 is 2.59 bits per heavy atom. The fraction of sp³-hybridized carbons (Fsp3) is 0.462. The molecule has 94 valence electrons. The number of hydrogen-bond donors (Lipinski definition) is 0. The number of halogens is 1. The number of carbonyl (C=O) groups excluding carboxylic acids is 1. The van der Waals surface area contributed by atoms with Crippen LogP contribution in [0.15, 0.2) is 24.3 Å². The quantitative estimate of drug-likeness (QED) is 0.732. The molecule has 4 heteroatoms. The molecule has 1 rings (SSSR count). The minimum absolute atomic E-state index is 0.169. The van der Waals surface area contributed by atoms with Crippen LogP contribution in [0.3, 0.4) is 0 Å². The smallest absolute Gasteiger partial charge is 0.305 e. The predicted molar refractivity (Wildman–Crippen MR) is 67.4 cm³/mol. The van der Waals surface area contributed by atoms with E-state index in [0.717, 1.165) is 6.42 Å². The van der Waals surface area contributed by atoms with E-state index in [1.807, 2.05) is 13.8 Å². The van der Waals surface area contributed by atoms with Gasteiger partial charge in [-0.1, -0.05) is 18.5 Å². The average Bonchev–Trinajstić information content (AvgIpc) is 2.30. The topological polar surface area (TPSA) is 35.5 Å². The van der Waals surface area contributed by atoms with E-state index < -0.39 is 0 Å². The Balaban J connectivity index is 2.31. The Labute approximate surface area is 107 Å². The number of ether oxygens (including phenoxy) is 2. The van der Waals surface area contributed by atoms with Crippen molar-refractivity contribution in [3.05, 3.63) is 29.3 Å². The third kappa shape index (κ3) is 5.59. The molecule has 1 aromatic rings. The van der Waals surface area contributed by atoms with Gasteiger partial charge >= 0.3 is 5.97 Å². The molecule has 0 bridgehead atoms. The Morgan fingerprint density at radius 1 is 1.35 bits per heavy atom. The molecule has 0 radical (unpaired) electrons. The maximum Gasteiger partial charge on any atom is 0.305 e. The summed E-state index contributed by atoms with van der Waals surface area (Å²) in [5.41, 5.74) is 0. The van der Waals surface area contributed by atoms with Crippen LogP contribution in [0.25, 0.3) is 0 Å². The number of rotatable bonds is 6. The summed E-state index contributed by atoms with van der Waals surface area (Å²) in [4.78, 5) is 11.1. The first-order chi connectivity index (χ1) is 8.11. The van der Waals surface area contributed by atoms with Crippen molar-refractivity contribution in [2.45, 2.75) is 32.8 Å². The number of esters is 1. The van der Waals surface area contributed by atoms with Gasteiger partial charge in [0, 0.05) is 11.4 Å². The zero-order valence-corrected chi connectivity index (χ0v) is 10.9. The van der Waals surface area contributed by atoms with Gasteiger partial charge in [0.15, 0.2) is 0 Å². The third-order valence-electron chi connectivity index (χ3n) is 2.08. The highest BCUT2D eigenvalue weighted by Crippen LogP contribution is 2.16. The van der Waals surface area contributed by atoms with Crippen molar-refractivity contribution >= 4 is 17.6 Å². The van der Waals surface area contributed by atoms with Crippen molar-refractivity contribution in [3.63, 3.8) is 0 Å². The van der Waals surface area contributed by atoms with E-state index >= 15 is 0 Å². The minimum Gasteiger partial charge on any atom is -0.487 e. The molecule has 0 N–H and O–H groups in total. The van der Waals surface area contributed by atoms with Crippen LogP contribution in [0.4, 0.5) is 0 Å². The zero-order chi connectivity index (χ0) is 12.7. The number of carbonyl (C=O) groups is 1. The lowest BCUT2D eigenvalue weighted by Gasteiger charge is -2.14. The summed E-state index contributed by atoms with van der Waals surface area (Å²) >= 11 is 5.76. The van der Waals surface area contributed by atoms with Crippen LogP contribution in [-0.4, -0.2) is 18.7 Å². The first-order valence-electron chi connectivity index (χ1n) is 5.69. The summed E-state index contributed by atoms with van der Waals surface area (Å²) in [7, 11) is 0. The number of hydrogen-bond acceptors (Lipinski definition) is 3. The fourth-order valence-electron chi connectivity index (χ4n) is 1.27. The van der Waals surface area contributed by atoms with E-state index in [9.17, 15) is 4.79 Å². The van der Waals surface area contributed by atoms with E-state index in [-0.39, 0.29) is 18.7 Å². The zero-order valence-electron chi connectivity index (χ0n) is 10.1. The Hall–Kier alpha value is -1.22. The molecule has 0 saturated carbocycles. The van der Waals surface area contributed by atoms with Crippen LogP contribution in [0.2, 0.25) is 5.02 Å². The first kappa shape index (κ1) is 13.8. The summed E-state index contributed by atoms with van der Waals surface area (Å²) in [5, 5.41) is 0.666. The van der Waals surface area contributed by atoms with Crippen molar-refractivity contribution in [2.75, 3.05) is 6.61 Å². The second-order valence-electron chi connectivity index (χ2n) is 3.82. The molecule has 1 atom stereocenters.